The van der Waals surface area contributed by atoms with Gasteiger partial charge in [0.25, 0.3) is 5.91 Å². The molecule has 1 amide bonds. The SMILES string of the molecule is CCCNc1cncc(C(=O)NCCCS(N)(=O)=O)n1. The van der Waals surface area contributed by atoms with E-state index in [0.29, 0.717) is 5.82 Å². The number of anilines is 1. The lowest BCUT2D eigenvalue weighted by Gasteiger charge is -2.06. The van der Waals surface area contributed by atoms with Gasteiger partial charge in [-0.2, -0.15) is 0 Å². The van der Waals surface area contributed by atoms with Gasteiger partial charge in [0, 0.05) is 13.1 Å². The van der Waals surface area contributed by atoms with E-state index in [1.165, 1.54) is 12.4 Å². The standard InChI is InChI=1S/C11H19N5O3S/c1-2-4-14-10-8-13-7-9(16-10)11(17)15-5-3-6-20(12,18)19/h7-8H,2-6H2,1H3,(H,14,16)(H,15,17)(H2,12,18,19). The predicted octanol–water partition coefficient (Wildman–Crippen LogP) is -0.293. The summed E-state index contributed by atoms with van der Waals surface area (Å²) in [6.45, 7) is 2.97. The summed E-state index contributed by atoms with van der Waals surface area (Å²) in [5, 5.41) is 10.5. The largest absolute Gasteiger partial charge is 0.369 e. The van der Waals surface area contributed by atoms with Gasteiger partial charge in [-0.3, -0.25) is 9.78 Å². The summed E-state index contributed by atoms with van der Waals surface area (Å²) in [5.41, 5.74) is 0.182. The van der Waals surface area contributed by atoms with Crippen molar-refractivity contribution in [3.8, 4) is 0 Å². The lowest BCUT2D eigenvalue weighted by molar-refractivity contribution is 0.0948. The van der Waals surface area contributed by atoms with Gasteiger partial charge < -0.3 is 10.6 Å². The molecule has 8 nitrogen and oxygen atoms in total. The monoisotopic (exact) mass is 301 g/mol. The van der Waals surface area contributed by atoms with Crippen LogP contribution in [-0.4, -0.2) is 43.1 Å². The first kappa shape index (κ1) is 16.3. The van der Waals surface area contributed by atoms with Crippen LogP contribution < -0.4 is 15.8 Å². The summed E-state index contributed by atoms with van der Waals surface area (Å²) < 4.78 is 21.5. The highest BCUT2D eigenvalue weighted by molar-refractivity contribution is 7.89. The Morgan fingerprint density at radius 1 is 1.35 bits per heavy atom. The van der Waals surface area contributed by atoms with Crippen LogP contribution in [0.2, 0.25) is 0 Å². The average Bonchev–Trinajstić information content (AvgIpc) is 2.40. The van der Waals surface area contributed by atoms with Gasteiger partial charge in [-0.25, -0.2) is 18.5 Å². The molecule has 0 atom stereocenters. The molecule has 0 aliphatic rings. The highest BCUT2D eigenvalue weighted by Gasteiger charge is 2.09. The van der Waals surface area contributed by atoms with Gasteiger partial charge in [0.15, 0.2) is 0 Å². The predicted molar refractivity (Wildman–Crippen MR) is 75.7 cm³/mol. The minimum atomic E-state index is -3.49. The zero-order valence-electron chi connectivity index (χ0n) is 11.3. The Morgan fingerprint density at radius 3 is 2.75 bits per heavy atom. The third-order valence-corrected chi connectivity index (χ3v) is 3.17. The molecule has 9 heteroatoms. The number of primary sulfonamides is 1. The number of hydrogen-bond acceptors (Lipinski definition) is 6. The van der Waals surface area contributed by atoms with Crippen molar-refractivity contribution in [1.82, 2.24) is 15.3 Å². The molecule has 1 heterocycles. The Bertz CT molecular complexity index is 547. The molecule has 112 valence electrons. The van der Waals surface area contributed by atoms with Gasteiger partial charge in [-0.1, -0.05) is 6.92 Å². The highest BCUT2D eigenvalue weighted by Crippen LogP contribution is 2.02. The Kier molecular flexibility index (Phi) is 6.32. The van der Waals surface area contributed by atoms with Crippen molar-refractivity contribution < 1.29 is 13.2 Å². The summed E-state index contributed by atoms with van der Waals surface area (Å²) >= 11 is 0. The maximum absolute atomic E-state index is 11.8. The lowest BCUT2D eigenvalue weighted by Crippen LogP contribution is -2.28. The minimum absolute atomic E-state index is 0.170. The molecule has 0 aliphatic heterocycles. The Hall–Kier alpha value is -1.74. The van der Waals surface area contributed by atoms with Crippen molar-refractivity contribution in [2.75, 3.05) is 24.2 Å². The van der Waals surface area contributed by atoms with E-state index in [0.717, 1.165) is 13.0 Å². The van der Waals surface area contributed by atoms with Gasteiger partial charge >= 0.3 is 0 Å². The number of carbonyl (C=O) groups excluding carboxylic acids is 1. The molecule has 0 aromatic carbocycles. The van der Waals surface area contributed by atoms with Crippen LogP contribution in [0.3, 0.4) is 0 Å². The number of nitrogens with zero attached hydrogens (tertiary/aromatic N) is 2. The van der Waals surface area contributed by atoms with Gasteiger partial charge in [0.1, 0.15) is 11.5 Å². The van der Waals surface area contributed by atoms with Gasteiger partial charge in [0.05, 0.1) is 18.1 Å². The van der Waals surface area contributed by atoms with Crippen LogP contribution in [0.4, 0.5) is 5.82 Å². The van der Waals surface area contributed by atoms with E-state index in [9.17, 15) is 13.2 Å². The molecule has 0 bridgehead atoms. The minimum Gasteiger partial charge on any atom is -0.369 e. The Labute approximate surface area is 118 Å². The molecule has 1 aromatic rings. The van der Waals surface area contributed by atoms with Crippen molar-refractivity contribution in [3.05, 3.63) is 18.1 Å². The molecule has 1 rings (SSSR count). The Balaban J connectivity index is 2.46. The van der Waals surface area contributed by atoms with E-state index in [2.05, 4.69) is 20.6 Å². The molecular weight excluding hydrogens is 282 g/mol. The lowest BCUT2D eigenvalue weighted by atomic mass is 10.4. The summed E-state index contributed by atoms with van der Waals surface area (Å²) in [6, 6.07) is 0. The molecule has 0 saturated heterocycles. The van der Waals surface area contributed by atoms with Crippen molar-refractivity contribution in [2.24, 2.45) is 5.14 Å². The quantitative estimate of drug-likeness (QED) is 0.566. The second-order valence-electron chi connectivity index (χ2n) is 4.19. The third-order valence-electron chi connectivity index (χ3n) is 2.31. The maximum Gasteiger partial charge on any atom is 0.271 e. The first-order chi connectivity index (χ1) is 9.42. The number of rotatable bonds is 8. The van der Waals surface area contributed by atoms with Crippen molar-refractivity contribution in [2.45, 2.75) is 19.8 Å². The number of sulfonamides is 1. The number of nitrogens with two attached hydrogens (primary N) is 1. The van der Waals surface area contributed by atoms with Gasteiger partial charge in [-0.05, 0) is 12.8 Å². The summed E-state index contributed by atoms with van der Waals surface area (Å²) in [6.07, 6.45) is 4.08. The fourth-order valence-corrected chi connectivity index (χ4v) is 1.93. The van der Waals surface area contributed by atoms with E-state index in [-0.39, 0.29) is 24.4 Å². The fraction of sp³-hybridized carbons (Fsp3) is 0.545. The number of aromatic nitrogens is 2. The van der Waals surface area contributed by atoms with Gasteiger partial charge in [-0.15, -0.1) is 0 Å². The topological polar surface area (TPSA) is 127 Å². The third kappa shape index (κ3) is 6.43. The molecular formula is C11H19N5O3S. The van der Waals surface area contributed by atoms with Crippen molar-refractivity contribution >= 4 is 21.7 Å². The summed E-state index contributed by atoms with van der Waals surface area (Å²) in [4.78, 5) is 19.8. The van der Waals surface area contributed by atoms with Crippen LogP contribution in [0.5, 0.6) is 0 Å². The smallest absolute Gasteiger partial charge is 0.271 e. The normalized spacial score (nSPS) is 11.1. The molecule has 0 fully saturated rings. The molecule has 4 N–H and O–H groups in total. The van der Waals surface area contributed by atoms with Crippen LogP contribution in [0.1, 0.15) is 30.3 Å². The number of carbonyl (C=O) groups is 1. The maximum atomic E-state index is 11.8. The molecule has 1 aromatic heterocycles. The van der Waals surface area contributed by atoms with Crippen LogP contribution in [0.25, 0.3) is 0 Å². The Morgan fingerprint density at radius 2 is 2.10 bits per heavy atom. The van der Waals surface area contributed by atoms with Crippen LogP contribution in [0.15, 0.2) is 12.4 Å². The second-order valence-corrected chi connectivity index (χ2v) is 5.93. The van der Waals surface area contributed by atoms with E-state index in [4.69, 9.17) is 5.14 Å². The van der Waals surface area contributed by atoms with Crippen LogP contribution in [0, 0.1) is 0 Å². The fourth-order valence-electron chi connectivity index (χ4n) is 1.38. The van der Waals surface area contributed by atoms with Gasteiger partial charge in [0.2, 0.25) is 10.0 Å². The molecule has 20 heavy (non-hydrogen) atoms. The van der Waals surface area contributed by atoms with E-state index in [1.54, 1.807) is 0 Å². The molecule has 0 aliphatic carbocycles. The zero-order chi connectivity index (χ0) is 15.0. The second kappa shape index (κ2) is 7.75. The molecule has 0 unspecified atom stereocenters. The zero-order valence-corrected chi connectivity index (χ0v) is 12.1. The molecule has 0 saturated carbocycles. The summed E-state index contributed by atoms with van der Waals surface area (Å²) in [5.74, 6) is -0.0343. The van der Waals surface area contributed by atoms with E-state index in [1.807, 2.05) is 6.92 Å². The summed E-state index contributed by atoms with van der Waals surface area (Å²) in [7, 11) is -3.49. The van der Waals surface area contributed by atoms with E-state index < -0.39 is 15.9 Å². The van der Waals surface area contributed by atoms with Crippen LogP contribution >= 0.6 is 0 Å². The average molecular weight is 301 g/mol. The number of nitrogens with one attached hydrogen (secondary N) is 2. The number of amides is 1. The highest BCUT2D eigenvalue weighted by atomic mass is 32.2. The van der Waals surface area contributed by atoms with E-state index >= 15 is 0 Å². The molecule has 0 radical (unpaired) electrons. The first-order valence-electron chi connectivity index (χ1n) is 6.27. The van der Waals surface area contributed by atoms with Crippen molar-refractivity contribution in [3.63, 3.8) is 0 Å². The van der Waals surface area contributed by atoms with Crippen LogP contribution in [-0.2, 0) is 10.0 Å². The molecule has 0 spiro atoms. The van der Waals surface area contributed by atoms with Crippen molar-refractivity contribution in [1.29, 1.82) is 0 Å². The first-order valence-corrected chi connectivity index (χ1v) is 7.98. The number of hydrogen-bond donors (Lipinski definition) is 3.